The molecule has 104 valence electrons. The van der Waals surface area contributed by atoms with Gasteiger partial charge in [0.05, 0.1) is 5.02 Å². The summed E-state index contributed by atoms with van der Waals surface area (Å²) in [7, 11) is 0. The summed E-state index contributed by atoms with van der Waals surface area (Å²) in [6.07, 6.45) is 2.22. The summed E-state index contributed by atoms with van der Waals surface area (Å²) >= 11 is 5.79. The fourth-order valence-electron chi connectivity index (χ4n) is 1.83. The van der Waals surface area contributed by atoms with E-state index in [9.17, 15) is 9.59 Å². The van der Waals surface area contributed by atoms with Crippen LogP contribution in [0.4, 0.5) is 0 Å². The van der Waals surface area contributed by atoms with E-state index in [1.165, 1.54) is 22.9 Å². The Morgan fingerprint density at radius 2 is 1.90 bits per heavy atom. The number of carbonyl (C=O) groups is 1. The van der Waals surface area contributed by atoms with Crippen molar-refractivity contribution < 1.29 is 4.79 Å². The van der Waals surface area contributed by atoms with Crippen molar-refractivity contribution >= 4 is 17.5 Å². The lowest BCUT2D eigenvalue weighted by Gasteiger charge is -2.07. The molecule has 0 fully saturated rings. The molecular formula is C15H15ClN2O2. The highest BCUT2D eigenvalue weighted by molar-refractivity contribution is 6.30. The quantitative estimate of drug-likeness (QED) is 0.914. The number of amides is 1. The zero-order valence-electron chi connectivity index (χ0n) is 10.9. The number of rotatable bonds is 5. The van der Waals surface area contributed by atoms with Gasteiger partial charge in [-0.25, -0.2) is 0 Å². The normalized spacial score (nSPS) is 10.2. The average molecular weight is 291 g/mol. The molecule has 0 atom stereocenters. The van der Waals surface area contributed by atoms with E-state index < -0.39 is 0 Å². The SMILES string of the molecule is O=C(Cn1cc(Cl)ccc1=O)NCCc1ccccc1. The van der Waals surface area contributed by atoms with Crippen molar-refractivity contribution in [2.75, 3.05) is 6.54 Å². The van der Waals surface area contributed by atoms with Crippen LogP contribution in [0.1, 0.15) is 5.56 Å². The van der Waals surface area contributed by atoms with Crippen molar-refractivity contribution in [2.45, 2.75) is 13.0 Å². The summed E-state index contributed by atoms with van der Waals surface area (Å²) in [5.41, 5.74) is 0.917. The predicted molar refractivity (Wildman–Crippen MR) is 78.9 cm³/mol. The van der Waals surface area contributed by atoms with Crippen molar-refractivity contribution in [2.24, 2.45) is 0 Å². The Labute approximate surface area is 122 Å². The van der Waals surface area contributed by atoms with Crippen molar-refractivity contribution in [1.29, 1.82) is 0 Å². The molecule has 5 heteroatoms. The molecule has 1 aromatic heterocycles. The molecule has 0 saturated carbocycles. The molecule has 0 bridgehead atoms. The van der Waals surface area contributed by atoms with Crippen molar-refractivity contribution in [3.63, 3.8) is 0 Å². The Hall–Kier alpha value is -2.07. The summed E-state index contributed by atoms with van der Waals surface area (Å²) in [6, 6.07) is 12.7. The molecule has 0 radical (unpaired) electrons. The third-order valence-electron chi connectivity index (χ3n) is 2.84. The van der Waals surface area contributed by atoms with E-state index >= 15 is 0 Å². The lowest BCUT2D eigenvalue weighted by Crippen LogP contribution is -2.32. The third kappa shape index (κ3) is 4.24. The molecule has 1 aromatic carbocycles. The second-order valence-corrected chi connectivity index (χ2v) is 4.84. The summed E-state index contributed by atoms with van der Waals surface area (Å²) < 4.78 is 1.29. The van der Waals surface area contributed by atoms with Crippen LogP contribution in [0, 0.1) is 0 Å². The second-order valence-electron chi connectivity index (χ2n) is 4.40. The van der Waals surface area contributed by atoms with Crippen LogP contribution in [0.2, 0.25) is 5.02 Å². The van der Waals surface area contributed by atoms with E-state index in [-0.39, 0.29) is 18.0 Å². The number of hydrogen-bond acceptors (Lipinski definition) is 2. The third-order valence-corrected chi connectivity index (χ3v) is 3.06. The van der Waals surface area contributed by atoms with Crippen molar-refractivity contribution in [3.05, 3.63) is 69.6 Å². The molecule has 1 N–H and O–H groups in total. The summed E-state index contributed by atoms with van der Waals surface area (Å²) in [5, 5.41) is 3.22. The first-order chi connectivity index (χ1) is 9.65. The second kappa shape index (κ2) is 6.91. The first-order valence-electron chi connectivity index (χ1n) is 6.32. The highest BCUT2D eigenvalue weighted by Crippen LogP contribution is 2.03. The Bertz CT molecular complexity index is 638. The van der Waals surface area contributed by atoms with E-state index in [1.54, 1.807) is 0 Å². The van der Waals surface area contributed by atoms with Gasteiger partial charge in [-0.1, -0.05) is 41.9 Å². The topological polar surface area (TPSA) is 51.1 Å². The van der Waals surface area contributed by atoms with Crippen LogP contribution in [-0.2, 0) is 17.8 Å². The Morgan fingerprint density at radius 3 is 2.65 bits per heavy atom. The van der Waals surface area contributed by atoms with E-state index in [0.29, 0.717) is 11.6 Å². The molecule has 2 aromatic rings. The molecule has 0 aliphatic heterocycles. The molecule has 0 unspecified atom stereocenters. The van der Waals surface area contributed by atoms with Gasteiger partial charge in [0.25, 0.3) is 5.56 Å². The van der Waals surface area contributed by atoms with Crippen LogP contribution in [0.15, 0.2) is 53.5 Å². The van der Waals surface area contributed by atoms with Crippen LogP contribution in [0.25, 0.3) is 0 Å². The van der Waals surface area contributed by atoms with Gasteiger partial charge in [0.1, 0.15) is 6.54 Å². The van der Waals surface area contributed by atoms with E-state index in [2.05, 4.69) is 5.32 Å². The number of hydrogen-bond donors (Lipinski definition) is 1. The lowest BCUT2D eigenvalue weighted by molar-refractivity contribution is -0.121. The number of carbonyl (C=O) groups excluding carboxylic acids is 1. The minimum atomic E-state index is -0.243. The summed E-state index contributed by atoms with van der Waals surface area (Å²) in [5.74, 6) is -0.203. The molecule has 1 heterocycles. The van der Waals surface area contributed by atoms with E-state index in [1.807, 2.05) is 30.3 Å². The first kappa shape index (κ1) is 14.3. The van der Waals surface area contributed by atoms with Gasteiger partial charge in [0, 0.05) is 18.8 Å². The summed E-state index contributed by atoms with van der Waals surface area (Å²) in [6.45, 7) is 0.520. The van der Waals surface area contributed by atoms with Gasteiger partial charge in [-0.3, -0.25) is 9.59 Å². The fraction of sp³-hybridized carbons (Fsp3) is 0.200. The molecule has 0 aliphatic carbocycles. The molecule has 0 saturated heterocycles. The van der Waals surface area contributed by atoms with Crippen molar-refractivity contribution in [3.8, 4) is 0 Å². The molecule has 20 heavy (non-hydrogen) atoms. The number of pyridine rings is 1. The lowest BCUT2D eigenvalue weighted by atomic mass is 10.1. The van der Waals surface area contributed by atoms with Gasteiger partial charge in [0.2, 0.25) is 5.91 Å². The van der Waals surface area contributed by atoms with Gasteiger partial charge in [-0.05, 0) is 18.1 Å². The van der Waals surface area contributed by atoms with Gasteiger partial charge in [0.15, 0.2) is 0 Å². The monoisotopic (exact) mass is 290 g/mol. The molecule has 1 amide bonds. The van der Waals surface area contributed by atoms with Crippen LogP contribution < -0.4 is 10.9 Å². The zero-order valence-corrected chi connectivity index (χ0v) is 11.6. The number of nitrogens with one attached hydrogen (secondary N) is 1. The average Bonchev–Trinajstić information content (AvgIpc) is 2.44. The van der Waals surface area contributed by atoms with Crippen LogP contribution in [0.5, 0.6) is 0 Å². The maximum Gasteiger partial charge on any atom is 0.251 e. The highest BCUT2D eigenvalue weighted by Gasteiger charge is 2.04. The number of halogens is 1. The molecule has 2 rings (SSSR count). The largest absolute Gasteiger partial charge is 0.354 e. The van der Waals surface area contributed by atoms with Gasteiger partial charge >= 0.3 is 0 Å². The Morgan fingerprint density at radius 1 is 1.15 bits per heavy atom. The minimum absolute atomic E-state index is 0.0197. The minimum Gasteiger partial charge on any atom is -0.354 e. The van der Waals surface area contributed by atoms with Crippen molar-refractivity contribution in [1.82, 2.24) is 9.88 Å². The zero-order chi connectivity index (χ0) is 14.4. The highest BCUT2D eigenvalue weighted by atomic mass is 35.5. The Kier molecular flexibility index (Phi) is 4.96. The predicted octanol–water partition coefficient (Wildman–Crippen LogP) is 1.86. The van der Waals surface area contributed by atoms with Crippen LogP contribution in [0.3, 0.4) is 0 Å². The van der Waals surface area contributed by atoms with E-state index in [4.69, 9.17) is 11.6 Å². The van der Waals surface area contributed by atoms with Gasteiger partial charge in [-0.2, -0.15) is 0 Å². The molecule has 0 spiro atoms. The number of aromatic nitrogens is 1. The maximum absolute atomic E-state index is 11.8. The van der Waals surface area contributed by atoms with Gasteiger partial charge < -0.3 is 9.88 Å². The molecular weight excluding hydrogens is 276 g/mol. The van der Waals surface area contributed by atoms with E-state index in [0.717, 1.165) is 12.0 Å². The molecule has 4 nitrogen and oxygen atoms in total. The number of nitrogens with zero attached hydrogens (tertiary/aromatic N) is 1. The summed E-state index contributed by atoms with van der Waals surface area (Å²) in [4.78, 5) is 23.3. The standard InChI is InChI=1S/C15H15ClN2O2/c16-13-6-7-15(20)18(10-13)11-14(19)17-9-8-12-4-2-1-3-5-12/h1-7,10H,8-9,11H2,(H,17,19). The van der Waals surface area contributed by atoms with Crippen LogP contribution in [-0.4, -0.2) is 17.0 Å². The Balaban J connectivity index is 1.84. The first-order valence-corrected chi connectivity index (χ1v) is 6.69. The van der Waals surface area contributed by atoms with Crippen LogP contribution >= 0.6 is 11.6 Å². The number of benzene rings is 1. The fourth-order valence-corrected chi connectivity index (χ4v) is 2.01. The molecule has 0 aliphatic rings. The smallest absolute Gasteiger partial charge is 0.251 e. The maximum atomic E-state index is 11.8. The van der Waals surface area contributed by atoms with Gasteiger partial charge in [-0.15, -0.1) is 0 Å².